The molecule has 74 valence electrons. The van der Waals surface area contributed by atoms with E-state index >= 15 is 0 Å². The van der Waals surface area contributed by atoms with Crippen LogP contribution in [-0.4, -0.2) is 19.1 Å². The minimum atomic E-state index is -0.471. The Bertz CT molecular complexity index is 213. The highest BCUT2D eigenvalue weighted by atomic mass is 16.5. The van der Waals surface area contributed by atoms with E-state index in [0.29, 0.717) is 19.1 Å². The summed E-state index contributed by atoms with van der Waals surface area (Å²) in [4.78, 5) is 10.8. The summed E-state index contributed by atoms with van der Waals surface area (Å²) in [7, 11) is 0. The highest BCUT2D eigenvalue weighted by Gasteiger charge is 2.07. The molecule has 0 saturated heterocycles. The van der Waals surface area contributed by atoms with E-state index in [2.05, 4.69) is 16.6 Å². The Kier molecular flexibility index (Phi) is 5.99. The van der Waals surface area contributed by atoms with E-state index in [1.54, 1.807) is 6.92 Å². The lowest BCUT2D eigenvalue weighted by Gasteiger charge is -2.10. The Morgan fingerprint density at radius 3 is 2.54 bits per heavy atom. The first-order valence-electron chi connectivity index (χ1n) is 4.50. The van der Waals surface area contributed by atoms with Gasteiger partial charge in [0.15, 0.2) is 0 Å². The molecule has 0 amide bonds. The zero-order chi connectivity index (χ0) is 10.3. The number of esters is 1. The van der Waals surface area contributed by atoms with Crippen molar-refractivity contribution < 1.29 is 9.53 Å². The number of rotatable bonds is 3. The van der Waals surface area contributed by atoms with Crippen molar-refractivity contribution in [3.8, 4) is 11.8 Å². The van der Waals surface area contributed by atoms with Crippen molar-refractivity contribution in [3.05, 3.63) is 0 Å². The molecule has 1 atom stereocenters. The van der Waals surface area contributed by atoms with Crippen LogP contribution in [0.2, 0.25) is 0 Å². The minimum absolute atomic E-state index is 0.0735. The van der Waals surface area contributed by atoms with Gasteiger partial charge in [0.05, 0.1) is 6.61 Å². The van der Waals surface area contributed by atoms with Crippen LogP contribution < -0.4 is 5.73 Å². The molecule has 0 bridgehead atoms. The molecule has 0 spiro atoms. The molecule has 0 aromatic carbocycles. The number of ether oxygens (including phenoxy) is 1. The molecule has 3 heteroatoms. The third kappa shape index (κ3) is 5.26. The van der Waals surface area contributed by atoms with Gasteiger partial charge < -0.3 is 10.5 Å². The smallest absolute Gasteiger partial charge is 0.384 e. The van der Waals surface area contributed by atoms with Gasteiger partial charge in [-0.25, -0.2) is 4.79 Å². The van der Waals surface area contributed by atoms with Crippen molar-refractivity contribution in [3.63, 3.8) is 0 Å². The van der Waals surface area contributed by atoms with Crippen LogP contribution in [0.15, 0.2) is 0 Å². The van der Waals surface area contributed by atoms with Gasteiger partial charge in [-0.05, 0) is 12.8 Å². The lowest BCUT2D eigenvalue weighted by atomic mass is 9.97. The Morgan fingerprint density at radius 1 is 1.54 bits per heavy atom. The maximum Gasteiger partial charge on any atom is 0.384 e. The summed E-state index contributed by atoms with van der Waals surface area (Å²) >= 11 is 0. The molecule has 13 heavy (non-hydrogen) atoms. The van der Waals surface area contributed by atoms with E-state index in [1.807, 2.05) is 13.8 Å². The Labute approximate surface area is 79.6 Å². The van der Waals surface area contributed by atoms with Crippen LogP contribution in [-0.2, 0) is 9.53 Å². The highest BCUT2D eigenvalue weighted by molar-refractivity contribution is 5.88. The average molecular weight is 183 g/mol. The van der Waals surface area contributed by atoms with Gasteiger partial charge in [0.1, 0.15) is 0 Å². The lowest BCUT2D eigenvalue weighted by molar-refractivity contribution is -0.136. The molecule has 3 nitrogen and oxygen atoms in total. The van der Waals surface area contributed by atoms with E-state index in [9.17, 15) is 4.79 Å². The monoisotopic (exact) mass is 183 g/mol. The van der Waals surface area contributed by atoms with Crippen LogP contribution in [0.25, 0.3) is 0 Å². The fraction of sp³-hybridized carbons (Fsp3) is 0.700. The number of nitrogens with two attached hydrogens (primary N) is 1. The second-order valence-corrected chi connectivity index (χ2v) is 3.08. The summed E-state index contributed by atoms with van der Waals surface area (Å²) in [5.41, 5.74) is 5.48. The number of hydrogen-bond donors (Lipinski definition) is 1. The molecule has 0 aliphatic heterocycles. The van der Waals surface area contributed by atoms with Gasteiger partial charge in [0, 0.05) is 18.4 Å². The molecule has 0 radical (unpaired) electrons. The van der Waals surface area contributed by atoms with Crippen LogP contribution in [0.3, 0.4) is 0 Å². The fourth-order valence-electron chi connectivity index (χ4n) is 0.817. The molecule has 0 aromatic rings. The van der Waals surface area contributed by atoms with E-state index in [0.717, 1.165) is 0 Å². The number of carbonyl (C=O) groups excluding carboxylic acids is 1. The SMILES string of the molecule is CCOC(=O)C#CC(CN)C(C)C. The second kappa shape index (κ2) is 6.50. The van der Waals surface area contributed by atoms with Crippen molar-refractivity contribution in [1.82, 2.24) is 0 Å². The summed E-state index contributed by atoms with van der Waals surface area (Å²) in [6, 6.07) is 0. The molecule has 1 unspecified atom stereocenters. The first kappa shape index (κ1) is 12.0. The molecule has 2 N–H and O–H groups in total. The van der Waals surface area contributed by atoms with Crippen LogP contribution in [0.1, 0.15) is 20.8 Å². The van der Waals surface area contributed by atoms with Crippen molar-refractivity contribution >= 4 is 5.97 Å². The average Bonchev–Trinajstić information content (AvgIpc) is 2.05. The maximum absolute atomic E-state index is 10.8. The topological polar surface area (TPSA) is 52.3 Å². The molecular formula is C10H17NO2. The van der Waals surface area contributed by atoms with Gasteiger partial charge in [0.25, 0.3) is 0 Å². The quantitative estimate of drug-likeness (QED) is 0.400. The van der Waals surface area contributed by atoms with Crippen LogP contribution >= 0.6 is 0 Å². The first-order chi connectivity index (χ1) is 6.11. The van der Waals surface area contributed by atoms with E-state index in [4.69, 9.17) is 5.73 Å². The molecule has 0 fully saturated rings. The maximum atomic E-state index is 10.8. The van der Waals surface area contributed by atoms with Crippen LogP contribution in [0, 0.1) is 23.7 Å². The predicted octanol–water partition coefficient (Wildman–Crippen LogP) is 0.784. The zero-order valence-corrected chi connectivity index (χ0v) is 8.46. The molecule has 0 aliphatic rings. The van der Waals surface area contributed by atoms with E-state index in [1.165, 1.54) is 0 Å². The van der Waals surface area contributed by atoms with Crippen molar-refractivity contribution in [2.75, 3.05) is 13.2 Å². The summed E-state index contributed by atoms with van der Waals surface area (Å²) in [5.74, 6) is 5.20. The summed E-state index contributed by atoms with van der Waals surface area (Å²) < 4.78 is 4.66. The normalized spacial score (nSPS) is 11.8. The van der Waals surface area contributed by atoms with Gasteiger partial charge >= 0.3 is 5.97 Å². The Hall–Kier alpha value is -1.01. The third-order valence-electron chi connectivity index (χ3n) is 1.69. The lowest BCUT2D eigenvalue weighted by Crippen LogP contribution is -2.18. The van der Waals surface area contributed by atoms with E-state index in [-0.39, 0.29) is 5.92 Å². The van der Waals surface area contributed by atoms with Gasteiger partial charge in [-0.15, -0.1) is 0 Å². The van der Waals surface area contributed by atoms with Gasteiger partial charge in [-0.1, -0.05) is 19.8 Å². The van der Waals surface area contributed by atoms with Gasteiger partial charge in [-0.2, -0.15) is 0 Å². The fourth-order valence-corrected chi connectivity index (χ4v) is 0.817. The standard InChI is InChI=1S/C10H17NO2/c1-4-13-10(12)6-5-9(7-11)8(2)3/h8-9H,4,7,11H2,1-3H3. The molecule has 0 rings (SSSR count). The van der Waals surface area contributed by atoms with Crippen LogP contribution in [0.4, 0.5) is 0 Å². The largest absolute Gasteiger partial charge is 0.456 e. The van der Waals surface area contributed by atoms with Gasteiger partial charge in [-0.3, -0.25) is 0 Å². The first-order valence-corrected chi connectivity index (χ1v) is 4.50. The Balaban J connectivity index is 4.11. The zero-order valence-electron chi connectivity index (χ0n) is 8.46. The number of carbonyl (C=O) groups is 1. The molecule has 0 saturated carbocycles. The molecule has 0 aliphatic carbocycles. The number of hydrogen-bond acceptors (Lipinski definition) is 3. The predicted molar refractivity (Wildman–Crippen MR) is 51.8 cm³/mol. The van der Waals surface area contributed by atoms with Crippen LogP contribution in [0.5, 0.6) is 0 Å². The Morgan fingerprint density at radius 2 is 2.15 bits per heavy atom. The minimum Gasteiger partial charge on any atom is -0.456 e. The third-order valence-corrected chi connectivity index (χ3v) is 1.69. The second-order valence-electron chi connectivity index (χ2n) is 3.08. The van der Waals surface area contributed by atoms with Crippen molar-refractivity contribution in [1.29, 1.82) is 0 Å². The van der Waals surface area contributed by atoms with Gasteiger partial charge in [0.2, 0.25) is 0 Å². The summed E-state index contributed by atoms with van der Waals surface area (Å²) in [6.07, 6.45) is 0. The molecule has 0 heterocycles. The van der Waals surface area contributed by atoms with Crippen molar-refractivity contribution in [2.24, 2.45) is 17.6 Å². The van der Waals surface area contributed by atoms with E-state index < -0.39 is 5.97 Å². The highest BCUT2D eigenvalue weighted by Crippen LogP contribution is 2.06. The molecular weight excluding hydrogens is 166 g/mol. The summed E-state index contributed by atoms with van der Waals surface area (Å²) in [6.45, 7) is 6.64. The summed E-state index contributed by atoms with van der Waals surface area (Å²) in [5, 5.41) is 0. The molecule has 0 aromatic heterocycles. The van der Waals surface area contributed by atoms with Crippen molar-refractivity contribution in [2.45, 2.75) is 20.8 Å².